The van der Waals surface area contributed by atoms with Crippen molar-refractivity contribution in [1.29, 1.82) is 0 Å². The smallest absolute Gasteiger partial charge is 0.306 e. The van der Waals surface area contributed by atoms with Crippen molar-refractivity contribution in [2.45, 2.75) is 81.8 Å². The van der Waals surface area contributed by atoms with E-state index >= 15 is 4.39 Å². The number of alkyl halides is 3. The van der Waals surface area contributed by atoms with Crippen LogP contribution in [0.3, 0.4) is 0 Å². The molecule has 4 rings (SSSR count). The second-order valence-electron chi connectivity index (χ2n) is 9.80. The number of esters is 1. The van der Waals surface area contributed by atoms with E-state index in [1.807, 2.05) is 6.92 Å². The molecule has 0 saturated heterocycles. The molecule has 8 atom stereocenters. The Morgan fingerprint density at radius 3 is 2.67 bits per heavy atom. The van der Waals surface area contributed by atoms with Crippen LogP contribution in [-0.2, 0) is 14.3 Å². The first-order valence-corrected chi connectivity index (χ1v) is 11.6. The molecule has 166 valence electrons. The lowest BCUT2D eigenvalue weighted by Crippen LogP contribution is -2.66. The molecule has 0 spiro atoms. The van der Waals surface area contributed by atoms with Crippen LogP contribution < -0.4 is 0 Å². The number of carbonyl (C=O) groups excluding carboxylic acids is 2. The van der Waals surface area contributed by atoms with Crippen LogP contribution in [-0.4, -0.2) is 34.3 Å². The first-order chi connectivity index (χ1) is 14.0. The summed E-state index contributed by atoms with van der Waals surface area (Å²) in [5, 5.41) is -0.603. The molecule has 0 radical (unpaired) electrons. The summed E-state index contributed by atoms with van der Waals surface area (Å²) in [4.78, 5) is 22.9. The Kier molecular flexibility index (Phi) is 5.42. The van der Waals surface area contributed by atoms with E-state index in [2.05, 4.69) is 6.92 Å². The van der Waals surface area contributed by atoms with Crippen molar-refractivity contribution in [3.05, 3.63) is 23.6 Å². The average molecular weight is 461 g/mol. The zero-order valence-electron chi connectivity index (χ0n) is 17.5. The van der Waals surface area contributed by atoms with Crippen LogP contribution in [0.15, 0.2) is 23.6 Å². The van der Waals surface area contributed by atoms with E-state index in [1.54, 1.807) is 13.0 Å². The number of ketones is 1. The molecule has 4 aliphatic carbocycles. The Morgan fingerprint density at radius 1 is 1.30 bits per heavy atom. The molecule has 7 heteroatoms. The highest BCUT2D eigenvalue weighted by Crippen LogP contribution is 2.70. The molecule has 3 saturated carbocycles. The molecule has 0 aromatic carbocycles. The van der Waals surface area contributed by atoms with Gasteiger partial charge >= 0.3 is 5.97 Å². The van der Waals surface area contributed by atoms with E-state index in [0.29, 0.717) is 25.7 Å². The molecule has 0 unspecified atom stereocenters. The predicted octanol–water partition coefficient (Wildman–Crippen LogP) is 5.83. The molecule has 3 nitrogen and oxygen atoms in total. The van der Waals surface area contributed by atoms with Gasteiger partial charge < -0.3 is 4.74 Å². The number of fused-ring (bicyclic) bond motifs is 5. The minimum atomic E-state index is -1.60. The summed E-state index contributed by atoms with van der Waals surface area (Å²) >= 11 is 14.2. The van der Waals surface area contributed by atoms with E-state index in [4.69, 9.17) is 27.9 Å². The molecule has 0 heterocycles. The van der Waals surface area contributed by atoms with Gasteiger partial charge in [-0.2, -0.15) is 0 Å². The molecule has 0 aromatic rings. The van der Waals surface area contributed by atoms with Crippen LogP contribution >= 0.6 is 23.2 Å². The third-order valence-corrected chi connectivity index (χ3v) is 9.85. The summed E-state index contributed by atoms with van der Waals surface area (Å²) in [5.41, 5.74) is -1.78. The Morgan fingerprint density at radius 2 is 2.00 bits per heavy atom. The zero-order chi connectivity index (χ0) is 22.1. The second-order valence-corrected chi connectivity index (χ2v) is 10.9. The molecule has 4 aliphatic rings. The Bertz CT molecular complexity index is 842. The lowest BCUT2D eigenvalue weighted by molar-refractivity contribution is -0.158. The van der Waals surface area contributed by atoms with Gasteiger partial charge in [0.15, 0.2) is 5.83 Å². The summed E-state index contributed by atoms with van der Waals surface area (Å²) in [5.74, 6) is -2.42. The largest absolute Gasteiger partial charge is 0.462 e. The van der Waals surface area contributed by atoms with Crippen molar-refractivity contribution in [3.63, 3.8) is 0 Å². The van der Waals surface area contributed by atoms with Crippen molar-refractivity contribution in [1.82, 2.24) is 0 Å². The van der Waals surface area contributed by atoms with Crippen molar-refractivity contribution >= 4 is 35.0 Å². The molecular weight excluding hydrogens is 433 g/mol. The molecule has 0 aliphatic heterocycles. The Balaban J connectivity index is 1.74. The number of hydrogen-bond acceptors (Lipinski definition) is 3. The van der Waals surface area contributed by atoms with E-state index in [0.717, 1.165) is 12.5 Å². The maximum Gasteiger partial charge on any atom is 0.306 e. The topological polar surface area (TPSA) is 43.4 Å². The van der Waals surface area contributed by atoms with Crippen LogP contribution in [0.1, 0.15) is 59.3 Å². The molecule has 30 heavy (non-hydrogen) atoms. The summed E-state index contributed by atoms with van der Waals surface area (Å²) in [6.07, 6.45) is 3.81. The standard InChI is InChI=1S/C23H28Cl2F2O3/c1-4-5-18(29)30-17-7-6-12-13-10-14(26)19-20(27)15(28)8-9-22(19,3)23(13,25)16(24)11-21(12,17)2/h8-9,12-14,16-17H,4-7,10-11H2,1-3H3/t12-,13-,14-,16-,17+,21-,22-,23-/m0/s1. The SMILES string of the molecule is CCCC(=O)O[C@@H]1CC[C@H]2[C@@H]3C[C@H](F)C4=C(F)C(=O)C=C[C@]4(C)[C@@]3(Cl)[C@@H](Cl)C[C@]12C. The number of hydrogen-bond donors (Lipinski definition) is 0. The number of ether oxygens (including phenoxy) is 1. The highest BCUT2D eigenvalue weighted by molar-refractivity contribution is 6.34. The van der Waals surface area contributed by atoms with Gasteiger partial charge in [0.05, 0.1) is 10.3 Å². The maximum atomic E-state index is 15.4. The van der Waals surface area contributed by atoms with Crippen molar-refractivity contribution in [2.75, 3.05) is 0 Å². The van der Waals surface area contributed by atoms with E-state index < -0.39 is 38.9 Å². The van der Waals surface area contributed by atoms with Gasteiger partial charge in [-0.3, -0.25) is 9.59 Å². The van der Waals surface area contributed by atoms with Gasteiger partial charge in [0, 0.05) is 22.8 Å². The fourth-order valence-electron chi connectivity index (χ4n) is 6.80. The Labute approximate surface area is 186 Å². The van der Waals surface area contributed by atoms with Crippen LogP contribution in [0.2, 0.25) is 0 Å². The van der Waals surface area contributed by atoms with Crippen molar-refractivity contribution < 1.29 is 23.1 Å². The van der Waals surface area contributed by atoms with Crippen molar-refractivity contribution in [3.8, 4) is 0 Å². The molecule has 0 amide bonds. The number of rotatable bonds is 3. The minimum absolute atomic E-state index is 0.00450. The molecule has 0 aromatic heterocycles. The maximum absolute atomic E-state index is 15.4. The first-order valence-electron chi connectivity index (χ1n) is 10.8. The fourth-order valence-corrected chi connectivity index (χ4v) is 8.00. The number of allylic oxidation sites excluding steroid dienone is 4. The summed E-state index contributed by atoms with van der Waals surface area (Å²) < 4.78 is 36.0. The van der Waals surface area contributed by atoms with Crippen molar-refractivity contribution in [2.24, 2.45) is 22.7 Å². The second kappa shape index (κ2) is 7.30. The third kappa shape index (κ3) is 2.80. The number of carbonyl (C=O) groups is 2. The normalized spacial score (nSPS) is 47.6. The first kappa shape index (κ1) is 22.3. The molecule has 3 fully saturated rings. The van der Waals surface area contributed by atoms with Gasteiger partial charge in [0.1, 0.15) is 12.3 Å². The molecular formula is C23H28Cl2F2O3. The summed E-state index contributed by atoms with van der Waals surface area (Å²) in [7, 11) is 0. The van der Waals surface area contributed by atoms with Crippen LogP contribution in [0, 0.1) is 22.7 Å². The highest BCUT2D eigenvalue weighted by atomic mass is 35.5. The lowest BCUT2D eigenvalue weighted by Gasteiger charge is -2.63. The third-order valence-electron chi connectivity index (χ3n) is 8.30. The lowest BCUT2D eigenvalue weighted by atomic mass is 9.47. The zero-order valence-corrected chi connectivity index (χ0v) is 19.0. The van der Waals surface area contributed by atoms with Crippen LogP contribution in [0.4, 0.5) is 8.78 Å². The summed E-state index contributed by atoms with van der Waals surface area (Å²) in [6.45, 7) is 5.68. The van der Waals surface area contributed by atoms with Crippen LogP contribution in [0.5, 0.6) is 0 Å². The van der Waals surface area contributed by atoms with Gasteiger partial charge in [-0.15, -0.1) is 23.2 Å². The van der Waals surface area contributed by atoms with Gasteiger partial charge in [-0.1, -0.05) is 26.8 Å². The van der Waals surface area contributed by atoms with Gasteiger partial charge in [-0.25, -0.2) is 8.78 Å². The average Bonchev–Trinajstić information content (AvgIpc) is 2.97. The van der Waals surface area contributed by atoms with E-state index in [1.165, 1.54) is 0 Å². The van der Waals surface area contributed by atoms with E-state index in [9.17, 15) is 14.0 Å². The quantitative estimate of drug-likeness (QED) is 0.392. The Hall–Kier alpha value is -0.940. The van der Waals surface area contributed by atoms with Gasteiger partial charge in [0.2, 0.25) is 5.78 Å². The van der Waals surface area contributed by atoms with E-state index in [-0.39, 0.29) is 35.9 Å². The number of halogens is 4. The molecule has 0 bridgehead atoms. The fraction of sp³-hybridized carbons (Fsp3) is 0.739. The van der Waals surface area contributed by atoms with Crippen LogP contribution in [0.25, 0.3) is 0 Å². The van der Waals surface area contributed by atoms with Gasteiger partial charge in [0.25, 0.3) is 0 Å². The summed E-state index contributed by atoms with van der Waals surface area (Å²) in [6, 6.07) is 0. The minimum Gasteiger partial charge on any atom is -0.462 e. The van der Waals surface area contributed by atoms with Gasteiger partial charge in [-0.05, 0) is 50.0 Å². The predicted molar refractivity (Wildman–Crippen MR) is 112 cm³/mol. The monoisotopic (exact) mass is 460 g/mol. The molecule has 0 N–H and O–H groups in total. The highest BCUT2D eigenvalue weighted by Gasteiger charge is 2.71.